The van der Waals surface area contributed by atoms with Gasteiger partial charge in [0.2, 0.25) is 0 Å². The Bertz CT molecular complexity index is 757. The molecule has 2 rings (SSSR count). The first-order valence-electron chi connectivity index (χ1n) is 7.53. The third-order valence-corrected chi connectivity index (χ3v) is 3.38. The molecule has 6 nitrogen and oxygen atoms in total. The Kier molecular flexibility index (Phi) is 7.28. The molecule has 0 bridgehead atoms. The topological polar surface area (TPSA) is 77.5 Å². The molecule has 1 aromatic heterocycles. The number of hydrogen-bond donors (Lipinski definition) is 1. The van der Waals surface area contributed by atoms with Gasteiger partial charge in [-0.25, -0.2) is 9.78 Å². The van der Waals surface area contributed by atoms with Crippen LogP contribution in [0.1, 0.15) is 16.1 Å². The summed E-state index contributed by atoms with van der Waals surface area (Å²) in [5.41, 5.74) is 0.837. The Hall–Kier alpha value is -2.74. The van der Waals surface area contributed by atoms with E-state index in [2.05, 4.69) is 15.0 Å². The lowest BCUT2D eigenvalue weighted by atomic mass is 10.1. The average molecular weight is 385 g/mol. The molecule has 0 aliphatic heterocycles. The number of hydrogen-bond acceptors (Lipinski definition) is 5. The van der Waals surface area contributed by atoms with Crippen molar-refractivity contribution in [1.29, 1.82) is 0 Å². The van der Waals surface area contributed by atoms with Gasteiger partial charge in [0.1, 0.15) is 11.4 Å². The summed E-state index contributed by atoms with van der Waals surface area (Å²) in [5.74, 6) is -1.16. The van der Waals surface area contributed by atoms with E-state index < -0.39 is 25.1 Å². The van der Waals surface area contributed by atoms with Gasteiger partial charge in [-0.05, 0) is 36.2 Å². The van der Waals surface area contributed by atoms with Gasteiger partial charge in [-0.1, -0.05) is 23.7 Å². The van der Waals surface area contributed by atoms with Gasteiger partial charge >= 0.3 is 12.6 Å². The predicted molar refractivity (Wildman–Crippen MR) is 89.3 cm³/mol. The lowest BCUT2D eigenvalue weighted by molar-refractivity contribution is -0.124. The van der Waals surface area contributed by atoms with Crippen LogP contribution in [-0.2, 0) is 16.0 Å². The minimum atomic E-state index is -2.87. The first-order valence-corrected chi connectivity index (χ1v) is 7.91. The molecular formula is C17H15ClF2N2O4. The van der Waals surface area contributed by atoms with Crippen molar-refractivity contribution in [2.45, 2.75) is 13.0 Å². The van der Waals surface area contributed by atoms with Crippen molar-refractivity contribution >= 4 is 23.5 Å². The molecule has 0 aliphatic carbocycles. The molecule has 0 spiro atoms. The Morgan fingerprint density at radius 1 is 1.19 bits per heavy atom. The molecule has 1 N–H and O–H groups in total. The SMILES string of the molecule is O=C(COC(=O)c1cc(Cl)ccn1)NCCc1ccc(OC(F)F)cc1. The first kappa shape index (κ1) is 19.6. The second-order valence-electron chi connectivity index (χ2n) is 5.06. The lowest BCUT2D eigenvalue weighted by Gasteiger charge is -2.08. The molecule has 0 saturated heterocycles. The number of halogens is 3. The van der Waals surface area contributed by atoms with E-state index in [1.807, 2.05) is 0 Å². The largest absolute Gasteiger partial charge is 0.451 e. The van der Waals surface area contributed by atoms with Gasteiger partial charge in [0, 0.05) is 17.8 Å². The molecule has 1 amide bonds. The fourth-order valence-electron chi connectivity index (χ4n) is 1.96. The van der Waals surface area contributed by atoms with E-state index in [9.17, 15) is 18.4 Å². The van der Waals surface area contributed by atoms with Gasteiger partial charge in [0.15, 0.2) is 6.61 Å². The molecule has 1 aromatic carbocycles. The van der Waals surface area contributed by atoms with Crippen molar-refractivity contribution in [3.63, 3.8) is 0 Å². The normalized spacial score (nSPS) is 10.5. The molecule has 0 atom stereocenters. The van der Waals surface area contributed by atoms with Crippen molar-refractivity contribution < 1.29 is 27.8 Å². The van der Waals surface area contributed by atoms with Gasteiger partial charge in [0.25, 0.3) is 5.91 Å². The van der Waals surface area contributed by atoms with E-state index in [0.29, 0.717) is 18.0 Å². The minimum absolute atomic E-state index is 0.0106. The Morgan fingerprint density at radius 2 is 1.92 bits per heavy atom. The Labute approximate surface area is 153 Å². The highest BCUT2D eigenvalue weighted by Crippen LogP contribution is 2.15. The number of ether oxygens (including phenoxy) is 2. The van der Waals surface area contributed by atoms with Gasteiger partial charge < -0.3 is 14.8 Å². The van der Waals surface area contributed by atoms with E-state index in [1.54, 1.807) is 12.1 Å². The molecule has 1 heterocycles. The number of carbonyl (C=O) groups is 2. The zero-order valence-corrected chi connectivity index (χ0v) is 14.2. The summed E-state index contributed by atoms with van der Waals surface area (Å²) in [7, 11) is 0. The Morgan fingerprint density at radius 3 is 2.58 bits per heavy atom. The maximum atomic E-state index is 12.1. The first-order chi connectivity index (χ1) is 12.4. The quantitative estimate of drug-likeness (QED) is 0.708. The van der Waals surface area contributed by atoms with Crippen molar-refractivity contribution in [1.82, 2.24) is 10.3 Å². The summed E-state index contributed by atoms with van der Waals surface area (Å²) in [6.45, 7) is -3.03. The third-order valence-electron chi connectivity index (χ3n) is 3.15. The van der Waals surface area contributed by atoms with Crippen LogP contribution in [-0.4, -0.2) is 36.6 Å². The maximum absolute atomic E-state index is 12.1. The van der Waals surface area contributed by atoms with Crippen molar-refractivity contribution in [2.75, 3.05) is 13.2 Å². The fourth-order valence-corrected chi connectivity index (χ4v) is 2.12. The van der Waals surface area contributed by atoms with Crippen molar-refractivity contribution in [2.24, 2.45) is 0 Å². The highest BCUT2D eigenvalue weighted by molar-refractivity contribution is 6.30. The summed E-state index contributed by atoms with van der Waals surface area (Å²) in [6, 6.07) is 8.93. The smallest absolute Gasteiger partial charge is 0.387 e. The zero-order valence-electron chi connectivity index (χ0n) is 13.5. The van der Waals surface area contributed by atoms with Crippen LogP contribution in [0.3, 0.4) is 0 Å². The maximum Gasteiger partial charge on any atom is 0.387 e. The van der Waals surface area contributed by atoms with Crippen molar-refractivity contribution in [3.05, 3.63) is 58.9 Å². The van der Waals surface area contributed by atoms with E-state index in [-0.39, 0.29) is 11.4 Å². The van der Waals surface area contributed by atoms with Gasteiger partial charge in [0.05, 0.1) is 0 Å². The minimum Gasteiger partial charge on any atom is -0.451 e. The summed E-state index contributed by atoms with van der Waals surface area (Å²) >= 11 is 5.74. The molecule has 9 heteroatoms. The molecule has 26 heavy (non-hydrogen) atoms. The van der Waals surface area contributed by atoms with Crippen LogP contribution in [0.25, 0.3) is 0 Å². The molecule has 2 aromatic rings. The van der Waals surface area contributed by atoms with Gasteiger partial charge in [-0.15, -0.1) is 0 Å². The summed E-state index contributed by atoms with van der Waals surface area (Å²) < 4.78 is 33.2. The van der Waals surface area contributed by atoms with Crippen LogP contribution in [0.15, 0.2) is 42.6 Å². The second kappa shape index (κ2) is 9.67. The summed E-state index contributed by atoms with van der Waals surface area (Å²) in [4.78, 5) is 27.2. The average Bonchev–Trinajstić information content (AvgIpc) is 2.60. The van der Waals surface area contributed by atoms with E-state index >= 15 is 0 Å². The van der Waals surface area contributed by atoms with Gasteiger partial charge in [-0.2, -0.15) is 8.78 Å². The highest BCUT2D eigenvalue weighted by Gasteiger charge is 2.11. The Balaban J connectivity index is 1.69. The number of carbonyl (C=O) groups excluding carboxylic acids is 2. The molecule has 0 aliphatic rings. The van der Waals surface area contributed by atoms with Crippen LogP contribution in [0.4, 0.5) is 8.78 Å². The van der Waals surface area contributed by atoms with Crippen molar-refractivity contribution in [3.8, 4) is 5.75 Å². The molecule has 0 saturated carbocycles. The molecular weight excluding hydrogens is 370 g/mol. The number of amides is 1. The standard InChI is InChI=1S/C17H15ClF2N2O4/c18-12-6-8-21-14(9-12)16(24)25-10-15(23)22-7-5-11-1-3-13(4-2-11)26-17(19)20/h1-4,6,8-9,17H,5,7,10H2,(H,22,23). The van der Waals surface area contributed by atoms with Crippen LogP contribution in [0.5, 0.6) is 5.75 Å². The monoisotopic (exact) mass is 384 g/mol. The molecule has 0 radical (unpaired) electrons. The summed E-state index contributed by atoms with van der Waals surface area (Å²) in [5, 5.41) is 2.92. The molecule has 0 unspecified atom stereocenters. The fraction of sp³-hybridized carbons (Fsp3) is 0.235. The number of nitrogens with one attached hydrogen (secondary N) is 1. The molecule has 138 valence electrons. The highest BCUT2D eigenvalue weighted by atomic mass is 35.5. The lowest BCUT2D eigenvalue weighted by Crippen LogP contribution is -2.30. The summed E-state index contributed by atoms with van der Waals surface area (Å²) in [6.07, 6.45) is 1.83. The number of alkyl halides is 2. The zero-order chi connectivity index (χ0) is 18.9. The second-order valence-corrected chi connectivity index (χ2v) is 5.49. The number of rotatable bonds is 8. The van der Waals surface area contributed by atoms with Crippen LogP contribution >= 0.6 is 11.6 Å². The van der Waals surface area contributed by atoms with Gasteiger partial charge in [-0.3, -0.25) is 4.79 Å². The van der Waals surface area contributed by atoms with Crippen LogP contribution in [0, 0.1) is 0 Å². The van der Waals surface area contributed by atoms with E-state index in [4.69, 9.17) is 16.3 Å². The number of aromatic nitrogens is 1. The number of benzene rings is 1. The molecule has 0 fully saturated rings. The number of esters is 1. The van der Waals surface area contributed by atoms with Crippen LogP contribution < -0.4 is 10.1 Å². The number of nitrogens with zero attached hydrogens (tertiary/aromatic N) is 1. The predicted octanol–water partition coefficient (Wildman–Crippen LogP) is 2.85. The van der Waals surface area contributed by atoms with E-state index in [0.717, 1.165) is 5.56 Å². The van der Waals surface area contributed by atoms with Crippen LogP contribution in [0.2, 0.25) is 5.02 Å². The van der Waals surface area contributed by atoms with E-state index in [1.165, 1.54) is 30.5 Å². The third kappa shape index (κ3) is 6.64. The number of pyridine rings is 1.